The Morgan fingerprint density at radius 1 is 0.938 bits per heavy atom. The molecular formula is C16H20. The van der Waals surface area contributed by atoms with E-state index in [1.165, 1.54) is 50.5 Å². The molecule has 0 N–H and O–H groups in total. The third kappa shape index (κ3) is 2.21. The zero-order chi connectivity index (χ0) is 10.8. The molecule has 0 spiro atoms. The van der Waals surface area contributed by atoms with Gasteiger partial charge in [0.15, 0.2) is 0 Å². The fraction of sp³-hybridized carbons (Fsp3) is 0.500. The molecule has 0 heteroatoms. The molecule has 0 heterocycles. The van der Waals surface area contributed by atoms with Crippen molar-refractivity contribution in [3.05, 3.63) is 47.0 Å². The predicted octanol–water partition coefficient (Wildman–Crippen LogP) is 4.51. The highest BCUT2D eigenvalue weighted by Crippen LogP contribution is 2.46. The molecule has 84 valence electrons. The summed E-state index contributed by atoms with van der Waals surface area (Å²) in [5.41, 5.74) is 5.16. The molecule has 0 unspecified atom stereocenters. The molecule has 0 aliphatic heterocycles. The van der Waals surface area contributed by atoms with Gasteiger partial charge in [0, 0.05) is 0 Å². The largest absolute Gasteiger partial charge is 0.0707 e. The van der Waals surface area contributed by atoms with Gasteiger partial charge >= 0.3 is 0 Å². The maximum absolute atomic E-state index is 2.27. The van der Waals surface area contributed by atoms with Crippen LogP contribution in [0.3, 0.4) is 0 Å². The minimum Gasteiger partial charge on any atom is -0.0707 e. The van der Waals surface area contributed by atoms with Gasteiger partial charge in [-0.25, -0.2) is 0 Å². The SMILES string of the molecule is c1ccc(C[C@H]2CC2=C2CCCCC2)cc1. The molecule has 1 aromatic rings. The molecule has 0 aromatic heterocycles. The Hall–Kier alpha value is -1.04. The van der Waals surface area contributed by atoms with Gasteiger partial charge in [0.2, 0.25) is 0 Å². The second-order valence-electron chi connectivity index (χ2n) is 5.28. The second-order valence-corrected chi connectivity index (χ2v) is 5.28. The molecule has 2 saturated carbocycles. The topological polar surface area (TPSA) is 0 Å². The first-order chi connectivity index (χ1) is 7.93. The molecule has 2 fully saturated rings. The first kappa shape index (κ1) is 10.1. The summed E-state index contributed by atoms with van der Waals surface area (Å²) in [6.45, 7) is 0. The van der Waals surface area contributed by atoms with Crippen LogP contribution in [0.4, 0.5) is 0 Å². The Morgan fingerprint density at radius 3 is 2.44 bits per heavy atom. The van der Waals surface area contributed by atoms with Crippen LogP contribution >= 0.6 is 0 Å². The van der Waals surface area contributed by atoms with Crippen LogP contribution in [0, 0.1) is 5.92 Å². The lowest BCUT2D eigenvalue weighted by Gasteiger charge is -2.13. The van der Waals surface area contributed by atoms with Crippen LogP contribution in [0.1, 0.15) is 44.1 Å². The highest BCUT2D eigenvalue weighted by atomic mass is 14.4. The zero-order valence-corrected chi connectivity index (χ0v) is 9.91. The molecule has 1 aromatic carbocycles. The Balaban J connectivity index is 1.63. The molecule has 0 bridgehead atoms. The average molecular weight is 212 g/mol. The first-order valence-electron chi connectivity index (χ1n) is 6.68. The van der Waals surface area contributed by atoms with Crippen LogP contribution in [-0.4, -0.2) is 0 Å². The van der Waals surface area contributed by atoms with Gasteiger partial charge in [-0.3, -0.25) is 0 Å². The van der Waals surface area contributed by atoms with E-state index < -0.39 is 0 Å². The quantitative estimate of drug-likeness (QED) is 0.633. The maximum atomic E-state index is 2.27. The lowest BCUT2D eigenvalue weighted by Crippen LogP contribution is -1.94. The maximum Gasteiger partial charge on any atom is -0.0122 e. The first-order valence-corrected chi connectivity index (χ1v) is 6.68. The van der Waals surface area contributed by atoms with Crippen molar-refractivity contribution in [2.45, 2.75) is 44.9 Å². The van der Waals surface area contributed by atoms with E-state index in [1.807, 2.05) is 11.1 Å². The Kier molecular flexibility index (Phi) is 2.82. The van der Waals surface area contributed by atoms with Crippen molar-refractivity contribution in [2.75, 3.05) is 0 Å². The van der Waals surface area contributed by atoms with Crippen LogP contribution in [0.5, 0.6) is 0 Å². The summed E-state index contributed by atoms with van der Waals surface area (Å²) in [7, 11) is 0. The van der Waals surface area contributed by atoms with Gasteiger partial charge in [0.05, 0.1) is 0 Å². The molecule has 0 radical (unpaired) electrons. The third-order valence-corrected chi connectivity index (χ3v) is 4.04. The minimum atomic E-state index is 0.899. The average Bonchev–Trinajstić information content (AvgIpc) is 3.11. The summed E-state index contributed by atoms with van der Waals surface area (Å²) >= 11 is 0. The van der Waals surface area contributed by atoms with Crippen molar-refractivity contribution < 1.29 is 0 Å². The van der Waals surface area contributed by atoms with E-state index in [2.05, 4.69) is 30.3 Å². The molecule has 3 rings (SSSR count). The van der Waals surface area contributed by atoms with Crippen molar-refractivity contribution >= 4 is 0 Å². The highest BCUT2D eigenvalue weighted by Gasteiger charge is 2.32. The smallest absolute Gasteiger partial charge is 0.0122 e. The van der Waals surface area contributed by atoms with Crippen LogP contribution in [0.25, 0.3) is 0 Å². The second kappa shape index (κ2) is 4.45. The van der Waals surface area contributed by atoms with Crippen LogP contribution in [0.2, 0.25) is 0 Å². The van der Waals surface area contributed by atoms with E-state index in [4.69, 9.17) is 0 Å². The van der Waals surface area contributed by atoms with Crippen molar-refractivity contribution in [3.8, 4) is 0 Å². The molecule has 1 atom stereocenters. The van der Waals surface area contributed by atoms with Crippen molar-refractivity contribution in [3.63, 3.8) is 0 Å². The lowest BCUT2D eigenvalue weighted by atomic mass is 9.93. The van der Waals surface area contributed by atoms with Crippen molar-refractivity contribution in [2.24, 2.45) is 5.92 Å². The molecule has 2 aliphatic carbocycles. The fourth-order valence-electron chi connectivity index (χ4n) is 3.03. The van der Waals surface area contributed by atoms with E-state index >= 15 is 0 Å². The van der Waals surface area contributed by atoms with E-state index in [0.29, 0.717) is 0 Å². The standard InChI is InChI=1S/C16H20/c1-3-7-13(8-4-1)11-15-12-16(15)14-9-5-2-6-10-14/h1,3-4,7-8,15H,2,5-6,9-12H2/t15-/m0/s1. The van der Waals surface area contributed by atoms with E-state index in [9.17, 15) is 0 Å². The summed E-state index contributed by atoms with van der Waals surface area (Å²) < 4.78 is 0. The van der Waals surface area contributed by atoms with E-state index in [-0.39, 0.29) is 0 Å². The number of hydrogen-bond acceptors (Lipinski definition) is 0. The lowest BCUT2D eigenvalue weighted by molar-refractivity contribution is 0.595. The minimum absolute atomic E-state index is 0.899. The highest BCUT2D eigenvalue weighted by molar-refractivity contribution is 5.33. The summed E-state index contributed by atoms with van der Waals surface area (Å²) in [6, 6.07) is 11.0. The van der Waals surface area contributed by atoms with Gasteiger partial charge in [0.25, 0.3) is 0 Å². The number of allylic oxidation sites excluding steroid dienone is 2. The molecule has 0 nitrogen and oxygen atoms in total. The van der Waals surface area contributed by atoms with Crippen molar-refractivity contribution in [1.29, 1.82) is 0 Å². The van der Waals surface area contributed by atoms with Gasteiger partial charge in [0.1, 0.15) is 0 Å². The molecule has 0 saturated heterocycles. The summed E-state index contributed by atoms with van der Waals surface area (Å²) in [4.78, 5) is 0. The normalized spacial score (nSPS) is 24.6. The molecule has 16 heavy (non-hydrogen) atoms. The molecule has 0 amide bonds. The third-order valence-electron chi connectivity index (χ3n) is 4.04. The van der Waals surface area contributed by atoms with Gasteiger partial charge in [-0.2, -0.15) is 0 Å². The molecular weight excluding hydrogens is 192 g/mol. The van der Waals surface area contributed by atoms with Crippen molar-refractivity contribution in [1.82, 2.24) is 0 Å². The monoisotopic (exact) mass is 212 g/mol. The Morgan fingerprint density at radius 2 is 1.69 bits per heavy atom. The predicted molar refractivity (Wildman–Crippen MR) is 68.4 cm³/mol. The summed E-state index contributed by atoms with van der Waals surface area (Å²) in [6.07, 6.45) is 9.82. The Labute approximate surface area is 98.4 Å². The summed E-state index contributed by atoms with van der Waals surface area (Å²) in [5, 5.41) is 0. The van der Waals surface area contributed by atoms with Gasteiger partial charge in [-0.1, -0.05) is 47.9 Å². The van der Waals surface area contributed by atoms with Crippen LogP contribution in [0.15, 0.2) is 41.5 Å². The van der Waals surface area contributed by atoms with Crippen LogP contribution < -0.4 is 0 Å². The zero-order valence-electron chi connectivity index (χ0n) is 9.91. The van der Waals surface area contributed by atoms with E-state index in [0.717, 1.165) is 5.92 Å². The van der Waals surface area contributed by atoms with Crippen LogP contribution in [-0.2, 0) is 6.42 Å². The Bertz CT molecular complexity index is 378. The van der Waals surface area contributed by atoms with Gasteiger partial charge in [-0.05, 0) is 50.0 Å². The fourth-order valence-corrected chi connectivity index (χ4v) is 3.03. The van der Waals surface area contributed by atoms with Gasteiger partial charge in [-0.15, -0.1) is 0 Å². The van der Waals surface area contributed by atoms with Gasteiger partial charge < -0.3 is 0 Å². The molecule has 2 aliphatic rings. The van der Waals surface area contributed by atoms with E-state index in [1.54, 1.807) is 0 Å². The number of benzene rings is 1. The number of rotatable bonds is 2. The summed E-state index contributed by atoms with van der Waals surface area (Å²) in [5.74, 6) is 0.899. The number of hydrogen-bond donors (Lipinski definition) is 0.